The smallest absolute Gasteiger partial charge is 0.410 e. The van der Waals surface area contributed by atoms with E-state index < -0.39 is 5.60 Å². The molecule has 0 aromatic carbocycles. The van der Waals surface area contributed by atoms with Crippen LogP contribution in [-0.4, -0.2) is 62.6 Å². The lowest BCUT2D eigenvalue weighted by Gasteiger charge is -2.24. The highest BCUT2D eigenvalue weighted by Gasteiger charge is 2.30. The van der Waals surface area contributed by atoms with Gasteiger partial charge in [-0.2, -0.15) is 5.10 Å². The number of carbonyl (C=O) groups is 2. The molecule has 9 heteroatoms. The van der Waals surface area contributed by atoms with Crippen molar-refractivity contribution in [2.45, 2.75) is 58.3 Å². The average molecular weight is 338 g/mol. The van der Waals surface area contributed by atoms with E-state index in [0.29, 0.717) is 26.1 Å². The molecule has 0 spiro atoms. The first-order valence-electron chi connectivity index (χ1n) is 8.10. The molecule has 0 saturated carbocycles. The van der Waals surface area contributed by atoms with Crippen molar-refractivity contribution in [2.75, 3.05) is 13.1 Å². The van der Waals surface area contributed by atoms with Crippen LogP contribution in [0.2, 0.25) is 0 Å². The minimum absolute atomic E-state index is 0.0731. The summed E-state index contributed by atoms with van der Waals surface area (Å²) in [6.07, 6.45) is 3.43. The molecule has 1 aliphatic rings. The van der Waals surface area contributed by atoms with E-state index >= 15 is 0 Å². The highest BCUT2D eigenvalue weighted by molar-refractivity contribution is 5.75. The maximum absolute atomic E-state index is 12.0. The predicted octanol–water partition coefficient (Wildman–Crippen LogP) is 0.975. The SMILES string of the molecule is C[C@@H](Cn1cncn1)NC(=O)N[C@H]1CCN(C(=O)OC(C)(C)C)C1. The lowest BCUT2D eigenvalue weighted by molar-refractivity contribution is 0.0291. The largest absolute Gasteiger partial charge is 0.444 e. The first-order chi connectivity index (χ1) is 11.2. The van der Waals surface area contributed by atoms with Crippen molar-refractivity contribution < 1.29 is 14.3 Å². The van der Waals surface area contributed by atoms with E-state index in [0.717, 1.165) is 0 Å². The van der Waals surface area contributed by atoms with E-state index in [4.69, 9.17) is 4.74 Å². The molecular weight excluding hydrogens is 312 g/mol. The number of nitrogens with one attached hydrogen (secondary N) is 2. The Bertz CT molecular complexity index is 554. The van der Waals surface area contributed by atoms with Crippen molar-refractivity contribution in [1.82, 2.24) is 30.3 Å². The van der Waals surface area contributed by atoms with Gasteiger partial charge < -0.3 is 20.3 Å². The Morgan fingerprint density at radius 3 is 2.79 bits per heavy atom. The van der Waals surface area contributed by atoms with Gasteiger partial charge in [-0.3, -0.25) is 4.68 Å². The lowest BCUT2D eigenvalue weighted by Crippen LogP contribution is -2.47. The standard InChI is InChI=1S/C15H26N6O3/c1-11(7-21-10-16-9-17-21)18-13(22)19-12-5-6-20(8-12)14(23)24-15(2,3)4/h9-12H,5-8H2,1-4H3,(H2,18,19,22)/t11-,12-/m0/s1. The van der Waals surface area contributed by atoms with Gasteiger partial charge in [-0.25, -0.2) is 14.6 Å². The summed E-state index contributed by atoms with van der Waals surface area (Å²) in [6, 6.07) is -0.412. The molecule has 3 amide bonds. The molecule has 1 aromatic rings. The number of rotatable bonds is 4. The summed E-state index contributed by atoms with van der Waals surface area (Å²) in [5, 5.41) is 9.75. The van der Waals surface area contributed by atoms with Crippen LogP contribution in [0.3, 0.4) is 0 Å². The zero-order valence-electron chi connectivity index (χ0n) is 14.7. The molecule has 2 atom stereocenters. The van der Waals surface area contributed by atoms with E-state index in [2.05, 4.69) is 20.7 Å². The van der Waals surface area contributed by atoms with Gasteiger partial charge in [0.25, 0.3) is 0 Å². The van der Waals surface area contributed by atoms with Crippen molar-refractivity contribution in [1.29, 1.82) is 0 Å². The maximum atomic E-state index is 12.0. The van der Waals surface area contributed by atoms with Crippen molar-refractivity contribution in [2.24, 2.45) is 0 Å². The molecule has 0 radical (unpaired) electrons. The summed E-state index contributed by atoms with van der Waals surface area (Å²) in [5.41, 5.74) is -0.517. The second kappa shape index (κ2) is 7.50. The molecular formula is C15H26N6O3. The Hall–Kier alpha value is -2.32. The summed E-state index contributed by atoms with van der Waals surface area (Å²) in [5.74, 6) is 0. The predicted molar refractivity (Wildman–Crippen MR) is 87.4 cm³/mol. The van der Waals surface area contributed by atoms with Gasteiger partial charge in [0.05, 0.1) is 6.54 Å². The number of amides is 3. The molecule has 0 bridgehead atoms. The molecule has 0 unspecified atom stereocenters. The van der Waals surface area contributed by atoms with Gasteiger partial charge in [0.2, 0.25) is 0 Å². The van der Waals surface area contributed by atoms with Gasteiger partial charge in [-0.15, -0.1) is 0 Å². The van der Waals surface area contributed by atoms with Crippen LogP contribution >= 0.6 is 0 Å². The Labute approximate surface area is 141 Å². The van der Waals surface area contributed by atoms with Crippen LogP contribution in [0.4, 0.5) is 9.59 Å². The van der Waals surface area contributed by atoms with E-state index in [-0.39, 0.29) is 24.2 Å². The summed E-state index contributed by atoms with van der Waals surface area (Å²) in [6.45, 7) is 8.97. The molecule has 1 fully saturated rings. The maximum Gasteiger partial charge on any atom is 0.410 e. The van der Waals surface area contributed by atoms with Crippen molar-refractivity contribution >= 4 is 12.1 Å². The van der Waals surface area contributed by atoms with Crippen LogP contribution in [0.15, 0.2) is 12.7 Å². The van der Waals surface area contributed by atoms with Crippen LogP contribution in [0.1, 0.15) is 34.1 Å². The first kappa shape index (κ1) is 18.0. The quantitative estimate of drug-likeness (QED) is 0.852. The van der Waals surface area contributed by atoms with Gasteiger partial charge in [-0.1, -0.05) is 0 Å². The van der Waals surface area contributed by atoms with Crippen LogP contribution in [0.25, 0.3) is 0 Å². The first-order valence-corrected chi connectivity index (χ1v) is 8.10. The Kier molecular flexibility index (Phi) is 5.63. The molecule has 2 rings (SSSR count). The van der Waals surface area contributed by atoms with Crippen LogP contribution in [0.5, 0.6) is 0 Å². The molecule has 1 aliphatic heterocycles. The van der Waals surface area contributed by atoms with Crippen molar-refractivity contribution in [3.8, 4) is 0 Å². The second-order valence-corrected chi connectivity index (χ2v) is 7.05. The van der Waals surface area contributed by atoms with Crippen LogP contribution in [-0.2, 0) is 11.3 Å². The average Bonchev–Trinajstić information content (AvgIpc) is 3.07. The summed E-state index contributed by atoms with van der Waals surface area (Å²) in [4.78, 5) is 29.5. The summed E-state index contributed by atoms with van der Waals surface area (Å²) in [7, 11) is 0. The highest BCUT2D eigenvalue weighted by Crippen LogP contribution is 2.15. The molecule has 24 heavy (non-hydrogen) atoms. The number of hydrogen-bond donors (Lipinski definition) is 2. The van der Waals surface area contributed by atoms with Gasteiger partial charge in [0.1, 0.15) is 18.3 Å². The number of urea groups is 1. The Morgan fingerprint density at radius 1 is 1.42 bits per heavy atom. The number of carbonyl (C=O) groups excluding carboxylic acids is 2. The molecule has 2 heterocycles. The summed E-state index contributed by atoms with van der Waals surface area (Å²) >= 11 is 0. The minimum atomic E-state index is -0.517. The number of hydrogen-bond acceptors (Lipinski definition) is 5. The lowest BCUT2D eigenvalue weighted by atomic mass is 10.2. The third-order valence-corrected chi connectivity index (χ3v) is 3.48. The normalized spacial score (nSPS) is 19.0. The van der Waals surface area contributed by atoms with Gasteiger partial charge in [0.15, 0.2) is 0 Å². The number of nitrogens with zero attached hydrogens (tertiary/aromatic N) is 4. The Balaban J connectivity index is 1.72. The number of likely N-dealkylation sites (tertiary alicyclic amines) is 1. The fraction of sp³-hybridized carbons (Fsp3) is 0.733. The van der Waals surface area contributed by atoms with Crippen LogP contribution < -0.4 is 10.6 Å². The molecule has 9 nitrogen and oxygen atoms in total. The number of aromatic nitrogens is 3. The molecule has 2 N–H and O–H groups in total. The van der Waals surface area contributed by atoms with E-state index in [1.54, 1.807) is 15.9 Å². The molecule has 1 aromatic heterocycles. The fourth-order valence-electron chi connectivity index (χ4n) is 2.47. The summed E-state index contributed by atoms with van der Waals surface area (Å²) < 4.78 is 7.00. The Morgan fingerprint density at radius 2 is 2.17 bits per heavy atom. The monoisotopic (exact) mass is 338 g/mol. The molecule has 1 saturated heterocycles. The van der Waals surface area contributed by atoms with Crippen molar-refractivity contribution in [3.63, 3.8) is 0 Å². The minimum Gasteiger partial charge on any atom is -0.444 e. The fourth-order valence-corrected chi connectivity index (χ4v) is 2.47. The van der Waals surface area contributed by atoms with E-state index in [9.17, 15) is 9.59 Å². The zero-order valence-corrected chi connectivity index (χ0v) is 14.7. The second-order valence-electron chi connectivity index (χ2n) is 7.05. The topological polar surface area (TPSA) is 101 Å². The van der Waals surface area contributed by atoms with E-state index in [1.165, 1.54) is 6.33 Å². The highest BCUT2D eigenvalue weighted by atomic mass is 16.6. The van der Waals surface area contributed by atoms with Crippen LogP contribution in [0, 0.1) is 0 Å². The molecule has 134 valence electrons. The van der Waals surface area contributed by atoms with Crippen molar-refractivity contribution in [3.05, 3.63) is 12.7 Å². The van der Waals surface area contributed by atoms with Gasteiger partial charge >= 0.3 is 12.1 Å². The third-order valence-electron chi connectivity index (χ3n) is 3.48. The third kappa shape index (κ3) is 5.71. The molecule has 0 aliphatic carbocycles. The number of ether oxygens (including phenoxy) is 1. The van der Waals surface area contributed by atoms with Gasteiger partial charge in [0, 0.05) is 25.2 Å². The van der Waals surface area contributed by atoms with E-state index in [1.807, 2.05) is 27.7 Å². The zero-order chi connectivity index (χ0) is 17.7. The van der Waals surface area contributed by atoms with Gasteiger partial charge in [-0.05, 0) is 34.1 Å².